The Morgan fingerprint density at radius 1 is 1.03 bits per heavy atom. The summed E-state index contributed by atoms with van der Waals surface area (Å²) in [6, 6.07) is 18.8. The van der Waals surface area contributed by atoms with Gasteiger partial charge in [-0.05, 0) is 54.7 Å². The predicted molar refractivity (Wildman–Crippen MR) is 128 cm³/mol. The first-order valence-corrected chi connectivity index (χ1v) is 12.2. The largest absolute Gasteiger partial charge is 0.377 e. The molecule has 0 amide bonds. The Balaban J connectivity index is 1.52. The number of sulfonamides is 1. The number of anilines is 2. The number of nitrogens with one attached hydrogen (secondary N) is 2. The van der Waals surface area contributed by atoms with Crippen LogP contribution in [0.3, 0.4) is 0 Å². The van der Waals surface area contributed by atoms with Crippen LogP contribution in [0.1, 0.15) is 35.1 Å². The molecule has 33 heavy (non-hydrogen) atoms. The van der Waals surface area contributed by atoms with E-state index in [1.165, 1.54) is 6.07 Å². The van der Waals surface area contributed by atoms with Gasteiger partial charge in [0.25, 0.3) is 15.7 Å². The maximum atomic E-state index is 13.1. The Morgan fingerprint density at radius 3 is 2.58 bits per heavy atom. The summed E-state index contributed by atoms with van der Waals surface area (Å²) in [5, 5.41) is 15.1. The summed E-state index contributed by atoms with van der Waals surface area (Å²) in [6.07, 6.45) is 4.91. The molecule has 168 valence electrons. The molecule has 0 bridgehead atoms. The van der Waals surface area contributed by atoms with Crippen LogP contribution in [0.15, 0.2) is 83.8 Å². The van der Waals surface area contributed by atoms with E-state index in [2.05, 4.69) is 22.2 Å². The smallest absolute Gasteiger partial charge is 0.274 e. The molecule has 2 N–H and O–H groups in total. The van der Waals surface area contributed by atoms with E-state index >= 15 is 0 Å². The van der Waals surface area contributed by atoms with E-state index < -0.39 is 10.0 Å². The van der Waals surface area contributed by atoms with E-state index in [0.29, 0.717) is 11.3 Å². The van der Waals surface area contributed by atoms with Crippen LogP contribution >= 0.6 is 0 Å². The average Bonchev–Trinajstić information content (AvgIpc) is 3.30. The summed E-state index contributed by atoms with van der Waals surface area (Å²) in [4.78, 5) is 11.5. The fourth-order valence-corrected chi connectivity index (χ4v) is 6.02. The summed E-state index contributed by atoms with van der Waals surface area (Å²) in [6.45, 7) is 1.85. The molecule has 1 aliphatic heterocycles. The minimum absolute atomic E-state index is 0.0281. The van der Waals surface area contributed by atoms with Gasteiger partial charge in [0.2, 0.25) is 0 Å². The number of fused-ring (bicyclic) bond motifs is 3. The fourth-order valence-electron chi connectivity index (χ4n) is 4.86. The molecule has 0 saturated heterocycles. The van der Waals surface area contributed by atoms with Crippen LogP contribution in [0.4, 0.5) is 17.1 Å². The van der Waals surface area contributed by atoms with Crippen molar-refractivity contribution in [1.82, 2.24) is 0 Å². The van der Waals surface area contributed by atoms with Crippen molar-refractivity contribution >= 4 is 27.1 Å². The second-order valence-electron chi connectivity index (χ2n) is 8.46. The SMILES string of the molecule is Cc1ccccc1NS(=O)(=O)c1ccc2c(c1)[C@H]1C=CC[C@H]1[C@@H](c1ccccc1[N+](=O)[O-])N2. The molecule has 0 radical (unpaired) electrons. The molecule has 8 heteroatoms. The van der Waals surface area contributed by atoms with Crippen molar-refractivity contribution in [2.24, 2.45) is 5.92 Å². The Morgan fingerprint density at radius 2 is 1.79 bits per heavy atom. The van der Waals surface area contributed by atoms with Gasteiger partial charge in [0.15, 0.2) is 0 Å². The highest BCUT2D eigenvalue weighted by atomic mass is 32.2. The Kier molecular flexibility index (Phi) is 5.17. The maximum Gasteiger partial charge on any atom is 0.274 e. The van der Waals surface area contributed by atoms with Gasteiger partial charge in [-0.1, -0.05) is 48.6 Å². The number of aryl methyl sites for hydroxylation is 1. The molecule has 3 aromatic carbocycles. The van der Waals surface area contributed by atoms with E-state index in [1.807, 2.05) is 25.1 Å². The first-order chi connectivity index (χ1) is 15.8. The summed E-state index contributed by atoms with van der Waals surface area (Å²) < 4.78 is 28.9. The topological polar surface area (TPSA) is 101 Å². The monoisotopic (exact) mass is 461 g/mol. The molecular weight excluding hydrogens is 438 g/mol. The average molecular weight is 462 g/mol. The third-order valence-corrected chi connectivity index (χ3v) is 7.87. The third-order valence-electron chi connectivity index (χ3n) is 6.50. The lowest BCUT2D eigenvalue weighted by molar-refractivity contribution is -0.385. The molecule has 3 aromatic rings. The summed E-state index contributed by atoms with van der Waals surface area (Å²) in [5.74, 6) is 0.0283. The number of allylic oxidation sites excluding steroid dienone is 2. The molecule has 0 saturated carbocycles. The molecule has 0 fully saturated rings. The van der Waals surface area contributed by atoms with Crippen molar-refractivity contribution < 1.29 is 13.3 Å². The lowest BCUT2D eigenvalue weighted by Gasteiger charge is -2.37. The van der Waals surface area contributed by atoms with Gasteiger partial charge >= 0.3 is 0 Å². The van der Waals surface area contributed by atoms with Gasteiger partial charge in [-0.25, -0.2) is 8.42 Å². The molecule has 0 aromatic heterocycles. The van der Waals surface area contributed by atoms with E-state index in [0.717, 1.165) is 23.2 Å². The Labute approximate surface area is 192 Å². The summed E-state index contributed by atoms with van der Waals surface area (Å²) >= 11 is 0. The molecule has 1 aliphatic carbocycles. The van der Waals surface area contributed by atoms with Gasteiger partial charge in [-0.15, -0.1) is 0 Å². The van der Waals surface area contributed by atoms with E-state index in [-0.39, 0.29) is 33.4 Å². The van der Waals surface area contributed by atoms with Crippen LogP contribution in [-0.2, 0) is 10.0 Å². The Bertz CT molecular complexity index is 1380. The minimum atomic E-state index is -3.77. The van der Waals surface area contributed by atoms with Gasteiger partial charge < -0.3 is 5.32 Å². The van der Waals surface area contributed by atoms with Crippen LogP contribution in [0.5, 0.6) is 0 Å². The van der Waals surface area contributed by atoms with Gasteiger partial charge in [0, 0.05) is 17.7 Å². The highest BCUT2D eigenvalue weighted by Gasteiger charge is 2.40. The number of nitro groups is 1. The quantitative estimate of drug-likeness (QED) is 0.295. The van der Waals surface area contributed by atoms with E-state index in [1.54, 1.807) is 42.5 Å². The molecule has 3 atom stereocenters. The fraction of sp³-hybridized carbons (Fsp3) is 0.200. The van der Waals surface area contributed by atoms with Gasteiger partial charge in [-0.3, -0.25) is 14.8 Å². The third kappa shape index (κ3) is 3.76. The lowest BCUT2D eigenvalue weighted by atomic mass is 9.76. The van der Waals surface area contributed by atoms with Crippen molar-refractivity contribution in [1.29, 1.82) is 0 Å². The number of nitrogens with zero attached hydrogens (tertiary/aromatic N) is 1. The van der Waals surface area contributed by atoms with Crippen LogP contribution in [0, 0.1) is 23.0 Å². The standard InChI is InChI=1S/C25H23N3O4S/c1-16-7-2-4-11-22(16)27-33(31,32)17-13-14-23-21(15-17)18-9-6-10-19(18)25(26-23)20-8-3-5-12-24(20)28(29)30/h2-9,11-15,18-19,25-27H,10H2,1H3/t18-,19+,25-/m0/s1. The normalized spacial score (nSPS) is 21.1. The molecule has 1 heterocycles. The number of hydrogen-bond acceptors (Lipinski definition) is 5. The maximum absolute atomic E-state index is 13.1. The van der Waals surface area contributed by atoms with Crippen molar-refractivity contribution in [3.05, 3.63) is 106 Å². The van der Waals surface area contributed by atoms with Crippen molar-refractivity contribution in [3.63, 3.8) is 0 Å². The number of benzene rings is 3. The summed E-state index contributed by atoms with van der Waals surface area (Å²) in [7, 11) is -3.77. The second kappa shape index (κ2) is 8.04. The minimum Gasteiger partial charge on any atom is -0.377 e. The number of hydrogen-bond donors (Lipinski definition) is 2. The van der Waals surface area contributed by atoms with Crippen LogP contribution in [0.25, 0.3) is 0 Å². The van der Waals surface area contributed by atoms with Crippen LogP contribution < -0.4 is 10.0 Å². The van der Waals surface area contributed by atoms with Crippen LogP contribution in [-0.4, -0.2) is 13.3 Å². The molecule has 7 nitrogen and oxygen atoms in total. The molecular formula is C25H23N3O4S. The number of nitro benzene ring substituents is 1. The van der Waals surface area contributed by atoms with Crippen molar-refractivity contribution in [2.45, 2.75) is 30.2 Å². The Hall–Kier alpha value is -3.65. The number of para-hydroxylation sites is 2. The van der Waals surface area contributed by atoms with Crippen LogP contribution in [0.2, 0.25) is 0 Å². The first-order valence-electron chi connectivity index (χ1n) is 10.7. The van der Waals surface area contributed by atoms with Crippen molar-refractivity contribution in [2.75, 3.05) is 10.0 Å². The second-order valence-corrected chi connectivity index (χ2v) is 10.1. The van der Waals surface area contributed by atoms with Crippen molar-refractivity contribution in [3.8, 4) is 0 Å². The molecule has 0 unspecified atom stereocenters. The molecule has 5 rings (SSSR count). The zero-order valence-corrected chi connectivity index (χ0v) is 18.7. The highest BCUT2D eigenvalue weighted by Crippen LogP contribution is 2.51. The summed E-state index contributed by atoms with van der Waals surface area (Å²) in [5.41, 5.74) is 3.79. The van der Waals surface area contributed by atoms with Gasteiger partial charge in [-0.2, -0.15) is 0 Å². The van der Waals surface area contributed by atoms with Gasteiger partial charge in [0.1, 0.15) is 0 Å². The number of rotatable bonds is 5. The van der Waals surface area contributed by atoms with Gasteiger partial charge in [0.05, 0.1) is 27.1 Å². The van der Waals surface area contributed by atoms with E-state index in [9.17, 15) is 18.5 Å². The molecule has 0 spiro atoms. The zero-order chi connectivity index (χ0) is 23.2. The lowest BCUT2D eigenvalue weighted by Crippen LogP contribution is -2.30. The zero-order valence-electron chi connectivity index (χ0n) is 17.9. The van der Waals surface area contributed by atoms with E-state index in [4.69, 9.17) is 0 Å². The predicted octanol–water partition coefficient (Wildman–Crippen LogP) is 5.53. The first kappa shape index (κ1) is 21.2. The highest BCUT2D eigenvalue weighted by molar-refractivity contribution is 7.92. The molecule has 2 aliphatic rings.